The molecule has 1 saturated heterocycles. The molecule has 1 heterocycles. The van der Waals surface area contributed by atoms with E-state index < -0.39 is 6.04 Å². The maximum atomic E-state index is 13.0. The van der Waals surface area contributed by atoms with E-state index in [0.717, 1.165) is 0 Å². The van der Waals surface area contributed by atoms with E-state index in [1.807, 2.05) is 0 Å². The monoisotopic (exact) mass is 355 g/mol. The summed E-state index contributed by atoms with van der Waals surface area (Å²) >= 11 is 7.52. The van der Waals surface area contributed by atoms with Crippen LogP contribution in [0.25, 0.3) is 0 Å². The van der Waals surface area contributed by atoms with Gasteiger partial charge in [-0.15, -0.1) is 11.8 Å². The van der Waals surface area contributed by atoms with Crippen LogP contribution in [0.4, 0.5) is 0 Å². The van der Waals surface area contributed by atoms with Crippen molar-refractivity contribution in [3.63, 3.8) is 0 Å². The van der Waals surface area contributed by atoms with Gasteiger partial charge in [-0.3, -0.25) is 4.79 Å². The molecule has 1 aromatic carbocycles. The van der Waals surface area contributed by atoms with E-state index in [9.17, 15) is 9.59 Å². The number of ether oxygens (including phenoxy) is 1. The number of benzene rings is 1. The summed E-state index contributed by atoms with van der Waals surface area (Å²) in [4.78, 5) is 26.9. The van der Waals surface area contributed by atoms with Crippen molar-refractivity contribution in [1.82, 2.24) is 4.90 Å². The maximum Gasteiger partial charge on any atom is 0.329 e. The van der Waals surface area contributed by atoms with Crippen LogP contribution in [0.15, 0.2) is 24.3 Å². The second kappa shape index (κ2) is 7.14. The Morgan fingerprint density at radius 1 is 1.30 bits per heavy atom. The molecule has 2 rings (SSSR count). The summed E-state index contributed by atoms with van der Waals surface area (Å²) in [6, 6.07) is 6.20. The third kappa shape index (κ3) is 4.01. The zero-order valence-electron chi connectivity index (χ0n) is 13.8. The van der Waals surface area contributed by atoms with Crippen molar-refractivity contribution < 1.29 is 14.3 Å². The Labute approximate surface area is 146 Å². The normalized spacial score (nSPS) is 21.3. The molecule has 1 aliphatic rings. The van der Waals surface area contributed by atoms with Gasteiger partial charge in [-0.1, -0.05) is 32.4 Å². The van der Waals surface area contributed by atoms with Crippen LogP contribution < -0.4 is 0 Å². The van der Waals surface area contributed by atoms with Gasteiger partial charge in [-0.2, -0.15) is 0 Å². The molecule has 0 unspecified atom stereocenters. The van der Waals surface area contributed by atoms with E-state index >= 15 is 0 Å². The van der Waals surface area contributed by atoms with Gasteiger partial charge in [0.25, 0.3) is 5.91 Å². The Bertz CT molecular complexity index is 582. The van der Waals surface area contributed by atoms with E-state index in [-0.39, 0.29) is 22.7 Å². The molecule has 1 aliphatic heterocycles. The van der Waals surface area contributed by atoms with Crippen LogP contribution in [0.5, 0.6) is 0 Å². The molecule has 0 bridgehead atoms. The first-order chi connectivity index (χ1) is 10.8. The van der Waals surface area contributed by atoms with E-state index in [1.54, 1.807) is 47.9 Å². The fourth-order valence-corrected chi connectivity index (χ4v) is 4.27. The highest BCUT2D eigenvalue weighted by Gasteiger charge is 2.47. The second-order valence-corrected chi connectivity index (χ2v) is 8.09. The second-order valence-electron chi connectivity index (χ2n) is 6.54. The van der Waals surface area contributed by atoms with Crippen LogP contribution in [0.2, 0.25) is 5.02 Å². The Kier molecular flexibility index (Phi) is 5.63. The van der Waals surface area contributed by atoms with Crippen molar-refractivity contribution in [1.29, 1.82) is 0 Å². The molecular formula is C17H22ClNO3S. The van der Waals surface area contributed by atoms with Gasteiger partial charge >= 0.3 is 5.97 Å². The van der Waals surface area contributed by atoms with E-state index in [1.165, 1.54) is 0 Å². The molecule has 1 aromatic rings. The van der Waals surface area contributed by atoms with Gasteiger partial charge in [0, 0.05) is 16.3 Å². The zero-order valence-corrected chi connectivity index (χ0v) is 15.4. The minimum atomic E-state index is -0.549. The van der Waals surface area contributed by atoms with Crippen molar-refractivity contribution in [2.45, 2.75) is 39.1 Å². The average Bonchev–Trinajstić information content (AvgIpc) is 2.92. The van der Waals surface area contributed by atoms with Gasteiger partial charge in [0.2, 0.25) is 0 Å². The predicted molar refractivity (Wildman–Crippen MR) is 93.7 cm³/mol. The Morgan fingerprint density at radius 3 is 2.43 bits per heavy atom. The van der Waals surface area contributed by atoms with Gasteiger partial charge < -0.3 is 9.64 Å². The molecule has 0 spiro atoms. The molecule has 0 aliphatic carbocycles. The van der Waals surface area contributed by atoms with Crippen LogP contribution in [0.3, 0.4) is 0 Å². The van der Waals surface area contributed by atoms with Crippen LogP contribution in [0, 0.1) is 5.41 Å². The highest BCUT2D eigenvalue weighted by Crippen LogP contribution is 2.41. The van der Waals surface area contributed by atoms with Gasteiger partial charge in [-0.05, 0) is 36.6 Å². The van der Waals surface area contributed by atoms with Crippen LogP contribution in [-0.2, 0) is 9.53 Å². The highest BCUT2D eigenvalue weighted by atomic mass is 35.5. The molecule has 1 amide bonds. The number of carbonyl (C=O) groups excluding carboxylic acids is 2. The summed E-state index contributed by atoms with van der Waals surface area (Å²) in [6.07, 6.45) is 0. The number of esters is 1. The summed E-state index contributed by atoms with van der Waals surface area (Å²) in [7, 11) is 0. The number of carbonyl (C=O) groups is 2. The standard InChI is InChI=1S/C17H22ClNO3S/c1-5-22-15(21)13-10-23-16(17(2,3)4)19(13)14(20)11-6-8-12(18)9-7-11/h6-9,13,16H,5,10H2,1-4H3/t13-,16+/m1/s1. The molecule has 126 valence electrons. The van der Waals surface area contributed by atoms with Crippen LogP contribution in [0.1, 0.15) is 38.1 Å². The maximum absolute atomic E-state index is 13.0. The number of thioether (sulfide) groups is 1. The molecule has 0 N–H and O–H groups in total. The zero-order chi connectivity index (χ0) is 17.2. The van der Waals surface area contributed by atoms with Crippen molar-refractivity contribution in [2.75, 3.05) is 12.4 Å². The van der Waals surface area contributed by atoms with Gasteiger partial charge in [0.15, 0.2) is 0 Å². The lowest BCUT2D eigenvalue weighted by Gasteiger charge is -2.36. The van der Waals surface area contributed by atoms with Gasteiger partial charge in [0.1, 0.15) is 6.04 Å². The lowest BCUT2D eigenvalue weighted by atomic mass is 9.94. The first-order valence-corrected chi connectivity index (χ1v) is 9.05. The predicted octanol–water partition coefficient (Wildman–Crippen LogP) is 3.83. The summed E-state index contributed by atoms with van der Waals surface area (Å²) in [5.41, 5.74) is 0.383. The quantitative estimate of drug-likeness (QED) is 0.773. The Morgan fingerprint density at radius 2 is 1.91 bits per heavy atom. The molecular weight excluding hydrogens is 334 g/mol. The molecule has 0 radical (unpaired) electrons. The lowest BCUT2D eigenvalue weighted by Crippen LogP contribution is -2.50. The third-order valence-electron chi connectivity index (χ3n) is 3.63. The van der Waals surface area contributed by atoms with E-state index in [4.69, 9.17) is 16.3 Å². The first kappa shape index (κ1) is 18.1. The Balaban J connectivity index is 2.34. The average molecular weight is 356 g/mol. The first-order valence-electron chi connectivity index (χ1n) is 7.62. The SMILES string of the molecule is CCOC(=O)[C@H]1CS[C@@H](C(C)(C)C)N1C(=O)c1ccc(Cl)cc1. The fraction of sp³-hybridized carbons (Fsp3) is 0.529. The van der Waals surface area contributed by atoms with Gasteiger partial charge in [0.05, 0.1) is 12.0 Å². The van der Waals surface area contributed by atoms with Crippen molar-refractivity contribution in [3.05, 3.63) is 34.9 Å². The lowest BCUT2D eigenvalue weighted by molar-refractivity contribution is -0.147. The number of nitrogens with zero attached hydrogens (tertiary/aromatic N) is 1. The van der Waals surface area contributed by atoms with Crippen LogP contribution >= 0.6 is 23.4 Å². The number of hydrogen-bond acceptors (Lipinski definition) is 4. The molecule has 2 atom stereocenters. The van der Waals surface area contributed by atoms with Crippen molar-refractivity contribution >= 4 is 35.2 Å². The molecule has 0 aromatic heterocycles. The Hall–Kier alpha value is -1.20. The van der Waals surface area contributed by atoms with Crippen LogP contribution in [-0.4, -0.2) is 40.6 Å². The molecule has 4 nitrogen and oxygen atoms in total. The van der Waals surface area contributed by atoms with E-state index in [0.29, 0.717) is 22.9 Å². The number of halogens is 1. The number of hydrogen-bond donors (Lipinski definition) is 0. The topological polar surface area (TPSA) is 46.6 Å². The summed E-state index contributed by atoms with van der Waals surface area (Å²) in [5.74, 6) is 0.0545. The van der Waals surface area contributed by atoms with Crippen molar-refractivity contribution in [3.8, 4) is 0 Å². The molecule has 23 heavy (non-hydrogen) atoms. The highest BCUT2D eigenvalue weighted by molar-refractivity contribution is 8.00. The minimum Gasteiger partial charge on any atom is -0.464 e. The van der Waals surface area contributed by atoms with Crippen molar-refractivity contribution in [2.24, 2.45) is 5.41 Å². The summed E-state index contributed by atoms with van der Waals surface area (Å²) in [6.45, 7) is 8.29. The largest absolute Gasteiger partial charge is 0.464 e. The smallest absolute Gasteiger partial charge is 0.329 e. The van der Waals surface area contributed by atoms with Gasteiger partial charge in [-0.25, -0.2) is 4.79 Å². The summed E-state index contributed by atoms with van der Waals surface area (Å²) in [5, 5.41) is 0.492. The summed E-state index contributed by atoms with van der Waals surface area (Å²) < 4.78 is 5.15. The molecule has 0 saturated carbocycles. The molecule has 1 fully saturated rings. The number of amides is 1. The third-order valence-corrected chi connectivity index (χ3v) is 5.64. The number of rotatable bonds is 3. The van der Waals surface area contributed by atoms with E-state index in [2.05, 4.69) is 20.8 Å². The molecule has 6 heteroatoms. The minimum absolute atomic E-state index is 0.0833. The fourth-order valence-electron chi connectivity index (χ4n) is 2.58.